The van der Waals surface area contributed by atoms with Crippen molar-refractivity contribution in [3.05, 3.63) is 137 Å². The number of hydrogen-bond donors (Lipinski definition) is 1. The number of imidazole rings is 1. The number of aliphatic imine (C=N–C) groups is 1. The zero-order chi connectivity index (χ0) is 34.0. The zero-order valence-corrected chi connectivity index (χ0v) is 29.2. The maximum absolute atomic E-state index is 12.1. The van der Waals surface area contributed by atoms with E-state index in [0.29, 0.717) is 11.8 Å². The van der Waals surface area contributed by atoms with Crippen LogP contribution in [0.1, 0.15) is 87.0 Å². The van der Waals surface area contributed by atoms with E-state index in [4.69, 9.17) is 14.7 Å². The second kappa shape index (κ2) is 12.2. The van der Waals surface area contributed by atoms with Crippen molar-refractivity contribution < 1.29 is 9.84 Å². The van der Waals surface area contributed by atoms with Crippen molar-refractivity contribution in [2.75, 3.05) is 0 Å². The first-order valence-electron chi connectivity index (χ1n) is 18.4. The molecule has 9 rings (SSSR count). The van der Waals surface area contributed by atoms with E-state index in [1.165, 1.54) is 23.1 Å². The Hall–Kier alpha value is -4.74. The lowest BCUT2D eigenvalue weighted by molar-refractivity contribution is 0.116. The third-order valence-electron chi connectivity index (χ3n) is 11.5. The molecule has 1 aliphatic heterocycles. The van der Waals surface area contributed by atoms with Gasteiger partial charge in [-0.25, -0.2) is 9.98 Å². The first-order valence-corrected chi connectivity index (χ1v) is 18.4. The quantitative estimate of drug-likeness (QED) is 0.191. The van der Waals surface area contributed by atoms with Crippen molar-refractivity contribution in [1.29, 1.82) is 0 Å². The number of aromatic nitrogens is 2. The molecule has 4 aliphatic rings. The van der Waals surface area contributed by atoms with E-state index >= 15 is 0 Å². The van der Waals surface area contributed by atoms with Crippen LogP contribution in [-0.4, -0.2) is 32.8 Å². The van der Waals surface area contributed by atoms with Crippen LogP contribution in [0.25, 0.3) is 33.4 Å². The van der Waals surface area contributed by atoms with Crippen LogP contribution in [0.3, 0.4) is 0 Å². The van der Waals surface area contributed by atoms with Gasteiger partial charge in [-0.1, -0.05) is 99.7 Å². The number of para-hydroxylation sites is 1. The van der Waals surface area contributed by atoms with Crippen molar-refractivity contribution in [3.8, 4) is 16.8 Å². The van der Waals surface area contributed by atoms with Gasteiger partial charge < -0.3 is 9.84 Å². The third-order valence-corrected chi connectivity index (χ3v) is 11.5. The second-order valence-electron chi connectivity index (χ2n) is 15.6. The summed E-state index contributed by atoms with van der Waals surface area (Å²) in [5.74, 6) is 2.14. The second-order valence-corrected chi connectivity index (χ2v) is 15.6. The summed E-state index contributed by atoms with van der Waals surface area (Å²) in [7, 11) is 0. The molecule has 0 fully saturated rings. The van der Waals surface area contributed by atoms with Gasteiger partial charge in [0.25, 0.3) is 0 Å². The van der Waals surface area contributed by atoms with Crippen LogP contribution in [0.15, 0.2) is 114 Å². The molecule has 0 amide bonds. The number of rotatable bonds is 5. The van der Waals surface area contributed by atoms with Crippen molar-refractivity contribution >= 4 is 22.5 Å². The predicted molar refractivity (Wildman–Crippen MR) is 203 cm³/mol. The first kappa shape index (κ1) is 31.3. The minimum absolute atomic E-state index is 0.0503. The van der Waals surface area contributed by atoms with Gasteiger partial charge in [-0.05, 0) is 102 Å². The van der Waals surface area contributed by atoms with Gasteiger partial charge in [0.05, 0.1) is 17.1 Å². The number of nitrogens with zero attached hydrogens (tertiary/aromatic N) is 3. The Bertz CT molecular complexity index is 2180. The van der Waals surface area contributed by atoms with Crippen molar-refractivity contribution in [2.45, 2.75) is 83.0 Å². The van der Waals surface area contributed by atoms with Gasteiger partial charge in [0.2, 0.25) is 5.90 Å². The monoisotopic (exact) mass is 659 g/mol. The summed E-state index contributed by atoms with van der Waals surface area (Å²) in [6.45, 7) is 6.74. The highest BCUT2D eigenvalue weighted by atomic mass is 16.5. The minimum Gasteiger partial charge on any atom is -0.471 e. The van der Waals surface area contributed by atoms with Crippen LogP contribution in [0.5, 0.6) is 0 Å². The summed E-state index contributed by atoms with van der Waals surface area (Å²) in [6.07, 6.45) is 12.7. The van der Waals surface area contributed by atoms with Gasteiger partial charge in [0, 0.05) is 28.8 Å². The lowest BCUT2D eigenvalue weighted by Crippen LogP contribution is -2.32. The molecule has 1 N–H and O–H groups in total. The smallest absolute Gasteiger partial charge is 0.217 e. The molecule has 0 radical (unpaired) electrons. The Labute approximate surface area is 295 Å². The molecule has 2 heterocycles. The number of hydrogen-bond acceptors (Lipinski definition) is 4. The number of fused-ring (bicyclic) bond motifs is 4. The number of allylic oxidation sites excluding steroid dienone is 3. The van der Waals surface area contributed by atoms with Crippen LogP contribution in [0.4, 0.5) is 0 Å². The lowest BCUT2D eigenvalue weighted by atomic mass is 9.74. The number of aliphatic hydroxyl groups excluding tert-OH is 1. The van der Waals surface area contributed by atoms with E-state index in [1.54, 1.807) is 0 Å². The normalized spacial score (nSPS) is 24.4. The SMILES string of the molecule is CC(C)(C)c1ccc(-n2c(C3=CCC[C@@H]([C@@H]4C=CCCC4)[C@H]3O)nc3c(-c4cccc(C5=N[C@@H]6c7ccccc7C[C@@H]6O5)c4)cccc32)cc1. The standard InChI is InChI=1S/C45H45N3O2/c1-45(2,3)32-22-24-33(25-23-32)48-38-21-11-18-34(40(38)46-43(48)37-20-10-19-36(42(37)49)28-12-5-4-6-13-28)29-15-9-16-31(26-29)44-47-41-35-17-8-7-14-30(35)27-39(41)50-44/h5,7-9,11-12,14-18,20-26,28,36,39,41-42,49H,4,6,10,13,19,27H2,1-3H3/t28-,36+,39+,41-,42-/m1/s1. The van der Waals surface area contributed by atoms with Crippen LogP contribution < -0.4 is 0 Å². The number of ether oxygens (including phenoxy) is 1. The molecule has 4 aromatic carbocycles. The van der Waals surface area contributed by atoms with E-state index in [2.05, 4.69) is 135 Å². The summed E-state index contributed by atoms with van der Waals surface area (Å²) in [5, 5.41) is 12.1. The average Bonchev–Trinajstić information content (AvgIpc) is 3.83. The summed E-state index contributed by atoms with van der Waals surface area (Å²) in [5.41, 5.74) is 11.0. The van der Waals surface area contributed by atoms with Crippen molar-refractivity contribution in [1.82, 2.24) is 9.55 Å². The van der Waals surface area contributed by atoms with Gasteiger partial charge in [-0.15, -0.1) is 0 Å². The fourth-order valence-electron chi connectivity index (χ4n) is 8.76. The third kappa shape index (κ3) is 5.34. The minimum atomic E-state index is -0.574. The molecule has 252 valence electrons. The van der Waals surface area contributed by atoms with E-state index in [-0.39, 0.29) is 23.5 Å². The van der Waals surface area contributed by atoms with Gasteiger partial charge in [0.1, 0.15) is 18.0 Å². The van der Waals surface area contributed by atoms with E-state index in [0.717, 1.165) is 76.9 Å². The van der Waals surface area contributed by atoms with E-state index in [1.807, 2.05) is 0 Å². The maximum atomic E-state index is 12.1. The summed E-state index contributed by atoms with van der Waals surface area (Å²) in [4.78, 5) is 10.5. The largest absolute Gasteiger partial charge is 0.471 e. The van der Waals surface area contributed by atoms with Crippen molar-refractivity contribution in [2.24, 2.45) is 16.8 Å². The van der Waals surface area contributed by atoms with Crippen molar-refractivity contribution in [3.63, 3.8) is 0 Å². The van der Waals surface area contributed by atoms with E-state index < -0.39 is 6.10 Å². The Balaban J connectivity index is 1.15. The molecular weight excluding hydrogens is 615 g/mol. The predicted octanol–water partition coefficient (Wildman–Crippen LogP) is 9.94. The molecule has 5 heteroatoms. The van der Waals surface area contributed by atoms with E-state index in [9.17, 15) is 5.11 Å². The average molecular weight is 660 g/mol. The Kier molecular flexibility index (Phi) is 7.65. The molecule has 0 saturated heterocycles. The Morgan fingerprint density at radius 3 is 2.50 bits per heavy atom. The molecule has 3 aliphatic carbocycles. The molecule has 0 unspecified atom stereocenters. The Morgan fingerprint density at radius 1 is 0.860 bits per heavy atom. The molecular formula is C45H45N3O2. The molecule has 50 heavy (non-hydrogen) atoms. The fraction of sp³-hybridized carbons (Fsp3) is 0.333. The highest BCUT2D eigenvalue weighted by molar-refractivity contribution is 5.99. The zero-order valence-electron chi connectivity index (χ0n) is 29.2. The summed E-state index contributed by atoms with van der Waals surface area (Å²) >= 11 is 0. The molecule has 5 nitrogen and oxygen atoms in total. The lowest BCUT2D eigenvalue weighted by Gasteiger charge is -2.34. The highest BCUT2D eigenvalue weighted by Crippen LogP contribution is 2.43. The molecule has 0 saturated carbocycles. The molecule has 5 aromatic rings. The fourth-order valence-corrected chi connectivity index (χ4v) is 8.76. The van der Waals surface area contributed by atoms with Gasteiger partial charge >= 0.3 is 0 Å². The molecule has 1 aromatic heterocycles. The van der Waals surface area contributed by atoms with Gasteiger partial charge in [-0.3, -0.25) is 4.57 Å². The van der Waals surface area contributed by atoms with Gasteiger partial charge in [0.15, 0.2) is 0 Å². The van der Waals surface area contributed by atoms with Crippen LogP contribution >= 0.6 is 0 Å². The van der Waals surface area contributed by atoms with Crippen LogP contribution in [0.2, 0.25) is 0 Å². The molecule has 5 atom stereocenters. The Morgan fingerprint density at radius 2 is 1.68 bits per heavy atom. The highest BCUT2D eigenvalue weighted by Gasteiger charge is 2.40. The van der Waals surface area contributed by atoms with Gasteiger partial charge in [-0.2, -0.15) is 0 Å². The summed E-state index contributed by atoms with van der Waals surface area (Å²) in [6, 6.07) is 32.5. The maximum Gasteiger partial charge on any atom is 0.217 e. The first-order chi connectivity index (χ1) is 24.3. The number of benzene rings is 4. The molecule has 0 spiro atoms. The summed E-state index contributed by atoms with van der Waals surface area (Å²) < 4.78 is 8.76. The number of aliphatic hydroxyl groups is 1. The topological polar surface area (TPSA) is 59.6 Å². The van der Waals surface area contributed by atoms with Crippen LogP contribution in [0, 0.1) is 11.8 Å². The van der Waals surface area contributed by atoms with Crippen LogP contribution in [-0.2, 0) is 16.6 Å². The molecule has 0 bridgehead atoms.